The Morgan fingerprint density at radius 3 is 2.12 bits per heavy atom. The van der Waals surface area contributed by atoms with Gasteiger partial charge in [0.2, 0.25) is 5.91 Å². The summed E-state index contributed by atoms with van der Waals surface area (Å²) >= 11 is 0. The number of amides is 1. The molecule has 2 aliphatic heterocycles. The van der Waals surface area contributed by atoms with Gasteiger partial charge in [-0.1, -0.05) is 34.1 Å². The number of nitrogens with zero attached hydrogens (tertiary/aromatic N) is 2. The van der Waals surface area contributed by atoms with Crippen LogP contribution in [0.25, 0.3) is 0 Å². The third-order valence-electron chi connectivity index (χ3n) is 7.40. The summed E-state index contributed by atoms with van der Waals surface area (Å²) in [6.07, 6.45) is 9.56. The quantitative estimate of drug-likeness (QED) is 0.770. The zero-order valence-corrected chi connectivity index (χ0v) is 16.4. The van der Waals surface area contributed by atoms with E-state index in [4.69, 9.17) is 0 Å². The van der Waals surface area contributed by atoms with E-state index < -0.39 is 0 Å². The number of likely N-dealkylation sites (tertiary alicyclic amines) is 2. The third kappa shape index (κ3) is 3.66. The van der Waals surface area contributed by atoms with Crippen molar-refractivity contribution in [1.29, 1.82) is 0 Å². The van der Waals surface area contributed by atoms with Gasteiger partial charge in [0.15, 0.2) is 0 Å². The Hall–Kier alpha value is -0.570. The summed E-state index contributed by atoms with van der Waals surface area (Å²) in [6, 6.07) is 0.735. The van der Waals surface area contributed by atoms with Gasteiger partial charge in [-0.25, -0.2) is 0 Å². The standard InChI is InChI=1S/C21H38N2O/c1-5-17(4)18-6-10-21(11-7-18)14-23(15-21)19-8-12-22(13-9-19)20(24)16(2)3/h16-19H,5-15H2,1-4H3. The van der Waals surface area contributed by atoms with E-state index in [1.807, 2.05) is 13.8 Å². The average molecular weight is 335 g/mol. The minimum Gasteiger partial charge on any atom is -0.342 e. The van der Waals surface area contributed by atoms with E-state index in [0.717, 1.165) is 31.0 Å². The van der Waals surface area contributed by atoms with Crippen molar-refractivity contribution in [1.82, 2.24) is 9.80 Å². The molecular weight excluding hydrogens is 296 g/mol. The molecule has 2 saturated heterocycles. The van der Waals surface area contributed by atoms with Crippen LogP contribution in [0.2, 0.25) is 0 Å². The van der Waals surface area contributed by atoms with Crippen molar-refractivity contribution in [3.8, 4) is 0 Å². The van der Waals surface area contributed by atoms with Crippen LogP contribution in [-0.2, 0) is 4.79 Å². The highest BCUT2D eigenvalue weighted by atomic mass is 16.2. The zero-order chi connectivity index (χ0) is 17.3. The SMILES string of the molecule is CCC(C)C1CCC2(CC1)CN(C1CCN(C(=O)C(C)C)CC1)C2. The Morgan fingerprint density at radius 1 is 1.04 bits per heavy atom. The largest absolute Gasteiger partial charge is 0.342 e. The molecule has 138 valence electrons. The monoisotopic (exact) mass is 334 g/mol. The van der Waals surface area contributed by atoms with Gasteiger partial charge >= 0.3 is 0 Å². The molecule has 1 saturated carbocycles. The van der Waals surface area contributed by atoms with E-state index >= 15 is 0 Å². The number of carbonyl (C=O) groups is 1. The number of hydrogen-bond acceptors (Lipinski definition) is 2. The average Bonchev–Trinajstić information content (AvgIpc) is 2.58. The van der Waals surface area contributed by atoms with Crippen molar-refractivity contribution in [2.24, 2.45) is 23.2 Å². The predicted molar refractivity (Wildman–Crippen MR) is 99.9 cm³/mol. The zero-order valence-electron chi connectivity index (χ0n) is 16.4. The van der Waals surface area contributed by atoms with Gasteiger partial charge in [0, 0.05) is 38.1 Å². The maximum absolute atomic E-state index is 12.1. The summed E-state index contributed by atoms with van der Waals surface area (Å²) in [6.45, 7) is 13.4. The molecule has 1 aliphatic carbocycles. The maximum atomic E-state index is 12.1. The fourth-order valence-corrected chi connectivity index (χ4v) is 5.36. The minimum absolute atomic E-state index is 0.148. The van der Waals surface area contributed by atoms with Crippen LogP contribution in [0.4, 0.5) is 0 Å². The first kappa shape index (κ1) is 18.2. The van der Waals surface area contributed by atoms with E-state index in [-0.39, 0.29) is 5.92 Å². The summed E-state index contributed by atoms with van der Waals surface area (Å²) in [4.78, 5) is 17.0. The lowest BCUT2D eigenvalue weighted by atomic mass is 9.63. The minimum atomic E-state index is 0.148. The van der Waals surface area contributed by atoms with Crippen LogP contribution in [0.3, 0.4) is 0 Å². The number of carbonyl (C=O) groups excluding carboxylic acids is 1. The normalized spacial score (nSPS) is 27.5. The molecule has 0 N–H and O–H groups in total. The molecule has 0 aromatic heterocycles. The molecule has 3 aliphatic rings. The van der Waals surface area contributed by atoms with Crippen molar-refractivity contribution < 1.29 is 4.79 Å². The van der Waals surface area contributed by atoms with Crippen molar-refractivity contribution in [2.75, 3.05) is 26.2 Å². The first-order valence-corrected chi connectivity index (χ1v) is 10.5. The van der Waals surface area contributed by atoms with Crippen LogP contribution in [0.1, 0.15) is 72.6 Å². The molecule has 1 amide bonds. The fraction of sp³-hybridized carbons (Fsp3) is 0.952. The van der Waals surface area contributed by atoms with E-state index in [0.29, 0.717) is 11.3 Å². The lowest BCUT2D eigenvalue weighted by Gasteiger charge is -2.57. The predicted octanol–water partition coefficient (Wildman–Crippen LogP) is 4.17. The van der Waals surface area contributed by atoms with E-state index in [1.165, 1.54) is 58.0 Å². The highest BCUT2D eigenvalue weighted by molar-refractivity contribution is 5.78. The number of hydrogen-bond donors (Lipinski definition) is 0. The van der Waals surface area contributed by atoms with Crippen LogP contribution in [-0.4, -0.2) is 47.9 Å². The van der Waals surface area contributed by atoms with Crippen molar-refractivity contribution in [3.05, 3.63) is 0 Å². The molecule has 1 unspecified atom stereocenters. The van der Waals surface area contributed by atoms with Crippen LogP contribution < -0.4 is 0 Å². The van der Waals surface area contributed by atoms with Crippen LogP contribution in [0.5, 0.6) is 0 Å². The Labute approximate surface area is 149 Å². The summed E-state index contributed by atoms with van der Waals surface area (Å²) in [5.41, 5.74) is 0.662. The first-order chi connectivity index (χ1) is 11.4. The molecule has 0 aromatic carbocycles. The molecule has 24 heavy (non-hydrogen) atoms. The Bertz CT molecular complexity index is 423. The molecule has 0 bridgehead atoms. The van der Waals surface area contributed by atoms with Crippen molar-refractivity contribution in [3.63, 3.8) is 0 Å². The van der Waals surface area contributed by atoms with Gasteiger partial charge in [0.1, 0.15) is 0 Å². The van der Waals surface area contributed by atoms with Crippen LogP contribution in [0.15, 0.2) is 0 Å². The Balaban J connectivity index is 1.41. The smallest absolute Gasteiger partial charge is 0.225 e. The Morgan fingerprint density at radius 2 is 1.62 bits per heavy atom. The van der Waals surface area contributed by atoms with Gasteiger partial charge in [-0.3, -0.25) is 9.69 Å². The van der Waals surface area contributed by atoms with E-state index in [9.17, 15) is 4.79 Å². The molecule has 2 heterocycles. The molecule has 1 atom stereocenters. The van der Waals surface area contributed by atoms with Gasteiger partial charge in [-0.05, 0) is 55.8 Å². The van der Waals surface area contributed by atoms with E-state index in [1.54, 1.807) is 0 Å². The second-order valence-electron chi connectivity index (χ2n) is 9.34. The first-order valence-electron chi connectivity index (χ1n) is 10.5. The van der Waals surface area contributed by atoms with Crippen LogP contribution >= 0.6 is 0 Å². The van der Waals surface area contributed by atoms with Crippen molar-refractivity contribution >= 4 is 5.91 Å². The molecular formula is C21H38N2O. The fourth-order valence-electron chi connectivity index (χ4n) is 5.36. The molecule has 1 spiro atoms. The highest BCUT2D eigenvalue weighted by Crippen LogP contribution is 2.48. The summed E-state index contributed by atoms with van der Waals surface area (Å²) < 4.78 is 0. The van der Waals surface area contributed by atoms with Crippen LogP contribution in [0, 0.1) is 23.2 Å². The Kier molecular flexibility index (Phi) is 5.58. The van der Waals surface area contributed by atoms with Gasteiger partial charge in [0.05, 0.1) is 0 Å². The molecule has 0 aromatic rings. The maximum Gasteiger partial charge on any atom is 0.225 e. The third-order valence-corrected chi connectivity index (χ3v) is 7.40. The summed E-state index contributed by atoms with van der Waals surface area (Å²) in [5, 5.41) is 0. The molecule has 3 fully saturated rings. The number of rotatable bonds is 4. The van der Waals surface area contributed by atoms with Gasteiger partial charge in [-0.15, -0.1) is 0 Å². The van der Waals surface area contributed by atoms with Crippen molar-refractivity contribution in [2.45, 2.75) is 78.7 Å². The lowest BCUT2D eigenvalue weighted by molar-refractivity contribution is -0.137. The van der Waals surface area contributed by atoms with E-state index in [2.05, 4.69) is 23.6 Å². The molecule has 3 nitrogen and oxygen atoms in total. The van der Waals surface area contributed by atoms with Gasteiger partial charge < -0.3 is 4.90 Å². The summed E-state index contributed by atoms with van der Waals surface area (Å²) in [7, 11) is 0. The topological polar surface area (TPSA) is 23.6 Å². The van der Waals surface area contributed by atoms with Gasteiger partial charge in [0.25, 0.3) is 0 Å². The molecule has 0 radical (unpaired) electrons. The molecule has 3 rings (SSSR count). The number of piperidine rings is 1. The second-order valence-corrected chi connectivity index (χ2v) is 9.34. The highest BCUT2D eigenvalue weighted by Gasteiger charge is 2.47. The molecule has 3 heteroatoms. The van der Waals surface area contributed by atoms with Gasteiger partial charge in [-0.2, -0.15) is 0 Å². The lowest BCUT2D eigenvalue weighted by Crippen LogP contribution is -2.62. The summed E-state index contributed by atoms with van der Waals surface area (Å²) in [5.74, 6) is 2.40. The second kappa shape index (κ2) is 7.35.